The summed E-state index contributed by atoms with van der Waals surface area (Å²) in [4.78, 5) is 30.4. The topological polar surface area (TPSA) is 80.1 Å². The fraction of sp³-hybridized carbons (Fsp3) is 0.444. The van der Waals surface area contributed by atoms with Crippen LogP contribution in [0.4, 0.5) is 5.69 Å². The van der Waals surface area contributed by atoms with Crippen LogP contribution in [0.15, 0.2) is 29.3 Å². The zero-order valence-corrected chi connectivity index (χ0v) is 14.8. The molecule has 7 nitrogen and oxygen atoms in total. The maximum absolute atomic E-state index is 12.3. The molecule has 2 aromatic rings. The molecule has 0 aromatic carbocycles. The van der Waals surface area contributed by atoms with Crippen molar-refractivity contribution in [3.8, 4) is 0 Å². The van der Waals surface area contributed by atoms with E-state index in [4.69, 9.17) is 0 Å². The lowest BCUT2D eigenvalue weighted by molar-refractivity contribution is 0.0947. The number of aromatic nitrogens is 3. The Bertz CT molecular complexity index is 846. The smallest absolute Gasteiger partial charge is 0.268 e. The Kier molecular flexibility index (Phi) is 4.83. The van der Waals surface area contributed by atoms with Crippen LogP contribution in [0.1, 0.15) is 28.0 Å². The molecule has 0 spiro atoms. The standard InChI is InChI=1S/C18H23N5O2/c1-12-6-13(2)19-10-16(12)18(25)20-8-14-4-5-23(11-14)15-7-17(24)22(3)21-9-15/h6-7,9-10,14H,4-5,8,11H2,1-3H3,(H,20,25)/t14-/m1/s1. The first-order chi connectivity index (χ1) is 11.9. The van der Waals surface area contributed by atoms with E-state index < -0.39 is 0 Å². The Labute approximate surface area is 146 Å². The quantitative estimate of drug-likeness (QED) is 0.899. The number of pyridine rings is 1. The van der Waals surface area contributed by atoms with Crippen LogP contribution in [0.3, 0.4) is 0 Å². The molecule has 0 radical (unpaired) electrons. The second-order valence-electron chi connectivity index (χ2n) is 6.63. The summed E-state index contributed by atoms with van der Waals surface area (Å²) in [6.45, 7) is 6.11. The van der Waals surface area contributed by atoms with E-state index in [0.717, 1.165) is 36.5 Å². The lowest BCUT2D eigenvalue weighted by Crippen LogP contribution is -2.32. The lowest BCUT2D eigenvalue weighted by Gasteiger charge is -2.18. The number of hydrogen-bond acceptors (Lipinski definition) is 5. The minimum absolute atomic E-state index is 0.0845. The SMILES string of the molecule is Cc1cc(C)c(C(=O)NC[C@H]2CCN(c3cnn(C)c(=O)c3)C2)cn1. The van der Waals surface area contributed by atoms with Gasteiger partial charge in [0.1, 0.15) is 0 Å². The molecular weight excluding hydrogens is 318 g/mol. The van der Waals surface area contributed by atoms with Crippen LogP contribution < -0.4 is 15.8 Å². The molecule has 0 bridgehead atoms. The van der Waals surface area contributed by atoms with Crippen molar-refractivity contribution < 1.29 is 4.79 Å². The van der Waals surface area contributed by atoms with Crippen molar-refractivity contribution in [3.63, 3.8) is 0 Å². The zero-order valence-electron chi connectivity index (χ0n) is 14.8. The Hall–Kier alpha value is -2.70. The van der Waals surface area contributed by atoms with E-state index in [2.05, 4.69) is 20.3 Å². The molecule has 1 atom stereocenters. The largest absolute Gasteiger partial charge is 0.370 e. The molecule has 3 rings (SSSR count). The first-order valence-corrected chi connectivity index (χ1v) is 8.44. The van der Waals surface area contributed by atoms with Gasteiger partial charge in [0.15, 0.2) is 0 Å². The Balaban J connectivity index is 1.57. The van der Waals surface area contributed by atoms with Crippen LogP contribution >= 0.6 is 0 Å². The third-order valence-corrected chi connectivity index (χ3v) is 4.65. The molecule has 0 saturated carbocycles. The highest BCUT2D eigenvalue weighted by atomic mass is 16.1. The van der Waals surface area contributed by atoms with Crippen LogP contribution in [0, 0.1) is 19.8 Å². The third kappa shape index (κ3) is 3.87. The summed E-state index contributed by atoms with van der Waals surface area (Å²) in [6.07, 6.45) is 4.32. The van der Waals surface area contributed by atoms with Gasteiger partial charge in [-0.3, -0.25) is 14.6 Å². The van der Waals surface area contributed by atoms with Crippen LogP contribution in [0.5, 0.6) is 0 Å². The van der Waals surface area contributed by atoms with Gasteiger partial charge in [-0.1, -0.05) is 0 Å². The number of nitrogens with zero attached hydrogens (tertiary/aromatic N) is 4. The number of amides is 1. The van der Waals surface area contributed by atoms with Gasteiger partial charge in [0, 0.05) is 44.6 Å². The molecule has 1 saturated heterocycles. The highest BCUT2D eigenvalue weighted by molar-refractivity contribution is 5.95. The second-order valence-corrected chi connectivity index (χ2v) is 6.63. The van der Waals surface area contributed by atoms with Gasteiger partial charge in [0.05, 0.1) is 17.4 Å². The average molecular weight is 341 g/mol. The van der Waals surface area contributed by atoms with Gasteiger partial charge in [-0.25, -0.2) is 4.68 Å². The van der Waals surface area contributed by atoms with E-state index in [0.29, 0.717) is 18.0 Å². The van der Waals surface area contributed by atoms with Crippen molar-refractivity contribution in [2.45, 2.75) is 20.3 Å². The summed E-state index contributed by atoms with van der Waals surface area (Å²) < 4.78 is 1.31. The van der Waals surface area contributed by atoms with Crippen molar-refractivity contribution in [1.82, 2.24) is 20.1 Å². The highest BCUT2D eigenvalue weighted by Crippen LogP contribution is 2.21. The molecule has 1 amide bonds. The van der Waals surface area contributed by atoms with E-state index in [1.165, 1.54) is 4.68 Å². The Morgan fingerprint density at radius 3 is 2.84 bits per heavy atom. The van der Waals surface area contributed by atoms with E-state index >= 15 is 0 Å². The molecular formula is C18H23N5O2. The van der Waals surface area contributed by atoms with Crippen molar-refractivity contribution in [3.05, 3.63) is 51.7 Å². The molecule has 0 unspecified atom stereocenters. The molecule has 7 heteroatoms. The molecule has 1 fully saturated rings. The average Bonchev–Trinajstić information content (AvgIpc) is 3.04. The normalized spacial score (nSPS) is 16.9. The van der Waals surface area contributed by atoms with Gasteiger partial charge in [0.25, 0.3) is 11.5 Å². The number of anilines is 1. The predicted molar refractivity (Wildman–Crippen MR) is 95.8 cm³/mol. The van der Waals surface area contributed by atoms with Gasteiger partial charge >= 0.3 is 0 Å². The summed E-state index contributed by atoms with van der Waals surface area (Å²) in [5.41, 5.74) is 3.19. The van der Waals surface area contributed by atoms with Crippen molar-refractivity contribution in [2.24, 2.45) is 13.0 Å². The van der Waals surface area contributed by atoms with Gasteiger partial charge < -0.3 is 10.2 Å². The van der Waals surface area contributed by atoms with Crippen LogP contribution in [0.25, 0.3) is 0 Å². The summed E-state index contributed by atoms with van der Waals surface area (Å²) >= 11 is 0. The maximum atomic E-state index is 12.3. The number of carbonyl (C=O) groups is 1. The summed E-state index contributed by atoms with van der Waals surface area (Å²) in [5, 5.41) is 7.07. The maximum Gasteiger partial charge on any atom is 0.268 e. The minimum atomic E-state index is -0.114. The van der Waals surface area contributed by atoms with Gasteiger partial charge in [-0.15, -0.1) is 0 Å². The third-order valence-electron chi connectivity index (χ3n) is 4.65. The zero-order chi connectivity index (χ0) is 18.0. The van der Waals surface area contributed by atoms with Gasteiger partial charge in [-0.05, 0) is 37.8 Å². The second kappa shape index (κ2) is 7.04. The predicted octanol–water partition coefficient (Wildman–Crippen LogP) is 1.05. The Morgan fingerprint density at radius 1 is 1.32 bits per heavy atom. The fourth-order valence-electron chi connectivity index (χ4n) is 3.13. The number of hydrogen-bond donors (Lipinski definition) is 1. The number of nitrogens with one attached hydrogen (secondary N) is 1. The highest BCUT2D eigenvalue weighted by Gasteiger charge is 2.24. The monoisotopic (exact) mass is 341 g/mol. The molecule has 25 heavy (non-hydrogen) atoms. The number of rotatable bonds is 4. The van der Waals surface area contributed by atoms with Crippen LogP contribution in [-0.2, 0) is 7.05 Å². The first kappa shape index (κ1) is 17.1. The van der Waals surface area contributed by atoms with E-state index in [1.807, 2.05) is 19.9 Å². The lowest BCUT2D eigenvalue weighted by atomic mass is 10.1. The summed E-state index contributed by atoms with van der Waals surface area (Å²) in [6, 6.07) is 3.52. The van der Waals surface area contributed by atoms with E-state index in [1.54, 1.807) is 25.5 Å². The number of aryl methyl sites for hydroxylation is 3. The molecule has 3 heterocycles. The van der Waals surface area contributed by atoms with Crippen molar-refractivity contribution in [2.75, 3.05) is 24.5 Å². The molecule has 1 aliphatic rings. The van der Waals surface area contributed by atoms with Crippen LogP contribution in [0.2, 0.25) is 0 Å². The molecule has 1 aliphatic heterocycles. The molecule has 2 aromatic heterocycles. The van der Waals surface area contributed by atoms with E-state index in [-0.39, 0.29) is 11.5 Å². The molecule has 0 aliphatic carbocycles. The summed E-state index contributed by atoms with van der Waals surface area (Å²) in [5.74, 6) is 0.269. The number of carbonyl (C=O) groups excluding carboxylic acids is 1. The molecule has 132 valence electrons. The summed E-state index contributed by atoms with van der Waals surface area (Å²) in [7, 11) is 1.64. The Morgan fingerprint density at radius 2 is 2.12 bits per heavy atom. The van der Waals surface area contributed by atoms with Crippen molar-refractivity contribution >= 4 is 11.6 Å². The van der Waals surface area contributed by atoms with Crippen molar-refractivity contribution in [1.29, 1.82) is 0 Å². The van der Waals surface area contributed by atoms with E-state index in [9.17, 15) is 9.59 Å². The van der Waals surface area contributed by atoms with Gasteiger partial charge in [0.2, 0.25) is 0 Å². The fourth-order valence-corrected chi connectivity index (χ4v) is 3.13. The molecule has 1 N–H and O–H groups in total. The van der Waals surface area contributed by atoms with Gasteiger partial charge in [-0.2, -0.15) is 5.10 Å². The minimum Gasteiger partial charge on any atom is -0.370 e. The van der Waals surface area contributed by atoms with Crippen LogP contribution in [-0.4, -0.2) is 40.3 Å². The first-order valence-electron chi connectivity index (χ1n) is 8.44.